The van der Waals surface area contributed by atoms with Crippen LogP contribution in [-0.4, -0.2) is 55.0 Å². The van der Waals surface area contributed by atoms with Crippen LogP contribution >= 0.6 is 0 Å². The van der Waals surface area contributed by atoms with Crippen molar-refractivity contribution in [1.29, 1.82) is 0 Å². The van der Waals surface area contributed by atoms with Crippen molar-refractivity contribution < 1.29 is 36.2 Å². The summed E-state index contributed by atoms with van der Waals surface area (Å²) in [6, 6.07) is 19.0. The highest BCUT2D eigenvalue weighted by atomic mass is 32.2. The first-order valence-electron chi connectivity index (χ1n) is 13.4. The van der Waals surface area contributed by atoms with E-state index in [1.165, 1.54) is 45.6 Å². The van der Waals surface area contributed by atoms with E-state index in [-0.39, 0.29) is 29.7 Å². The van der Waals surface area contributed by atoms with Crippen molar-refractivity contribution in [3.8, 4) is 5.75 Å². The summed E-state index contributed by atoms with van der Waals surface area (Å²) in [5.74, 6) is -0.184. The van der Waals surface area contributed by atoms with E-state index in [1.807, 2.05) is 0 Å². The Morgan fingerprint density at radius 2 is 1.39 bits per heavy atom. The number of halogens is 3. The van der Waals surface area contributed by atoms with Crippen molar-refractivity contribution in [2.24, 2.45) is 5.92 Å². The number of benzene rings is 3. The number of piperidine rings is 1. The Morgan fingerprint density at radius 1 is 0.878 bits per heavy atom. The predicted octanol–water partition coefficient (Wildman–Crippen LogP) is 5.88. The summed E-state index contributed by atoms with van der Waals surface area (Å²) >= 11 is 0. The Labute approximate surface area is 238 Å². The molecule has 220 valence electrons. The molecule has 1 atom stereocenters. The topological polar surface area (TPSA) is 87.2 Å². The number of ether oxygens (including phenoxy) is 1. The third-order valence-electron chi connectivity index (χ3n) is 7.58. The smallest absolute Gasteiger partial charge is 0.410 e. The van der Waals surface area contributed by atoms with Crippen LogP contribution in [0.15, 0.2) is 83.8 Å². The maximum absolute atomic E-state index is 13.2. The van der Waals surface area contributed by atoms with Gasteiger partial charge in [0.1, 0.15) is 11.4 Å². The van der Waals surface area contributed by atoms with E-state index in [2.05, 4.69) is 0 Å². The van der Waals surface area contributed by atoms with Gasteiger partial charge in [0, 0.05) is 26.2 Å². The number of sulfonamides is 1. The molecule has 0 bridgehead atoms. The molecule has 4 rings (SSSR count). The number of carbonyl (C=O) groups excluding carboxylic acids is 1. The Balaban J connectivity index is 1.46. The highest BCUT2D eigenvalue weighted by Gasteiger charge is 2.43. The van der Waals surface area contributed by atoms with Crippen molar-refractivity contribution in [3.05, 3.63) is 95.6 Å². The molecule has 1 amide bonds. The molecule has 11 heteroatoms. The van der Waals surface area contributed by atoms with E-state index >= 15 is 0 Å². The van der Waals surface area contributed by atoms with E-state index < -0.39 is 33.5 Å². The van der Waals surface area contributed by atoms with Crippen LogP contribution in [0.2, 0.25) is 0 Å². The first-order chi connectivity index (χ1) is 19.4. The minimum atomic E-state index is -4.49. The Morgan fingerprint density at radius 3 is 1.90 bits per heavy atom. The van der Waals surface area contributed by atoms with Gasteiger partial charge >= 0.3 is 12.3 Å². The number of nitrogens with zero attached hydrogens (tertiary/aromatic N) is 2. The first-order valence-corrected chi connectivity index (χ1v) is 14.9. The fourth-order valence-corrected chi connectivity index (χ4v) is 6.74. The van der Waals surface area contributed by atoms with Crippen LogP contribution in [0.3, 0.4) is 0 Å². The second-order valence-electron chi connectivity index (χ2n) is 9.90. The number of hydrogen-bond donors (Lipinski definition) is 1. The lowest BCUT2D eigenvalue weighted by atomic mass is 9.72. The average Bonchev–Trinajstić information content (AvgIpc) is 2.97. The number of rotatable bonds is 8. The molecule has 1 aliphatic heterocycles. The van der Waals surface area contributed by atoms with E-state index in [0.717, 1.165) is 12.1 Å². The van der Waals surface area contributed by atoms with Gasteiger partial charge in [0.15, 0.2) is 0 Å². The normalized spacial score (nSPS) is 16.4. The quantitative estimate of drug-likeness (QED) is 0.354. The Hall–Kier alpha value is -3.41. The number of likely N-dealkylation sites (tertiary alicyclic amines) is 1. The van der Waals surface area contributed by atoms with Crippen LogP contribution < -0.4 is 4.74 Å². The largest absolute Gasteiger partial charge is 0.416 e. The number of hydrogen-bond acceptors (Lipinski definition) is 5. The second-order valence-corrected chi connectivity index (χ2v) is 11.8. The molecular formula is C30H33F3N2O5S. The van der Waals surface area contributed by atoms with Crippen LogP contribution in [0.5, 0.6) is 5.75 Å². The lowest BCUT2D eigenvalue weighted by molar-refractivity contribution is -0.137. The molecule has 0 aromatic heterocycles. The summed E-state index contributed by atoms with van der Waals surface area (Å²) < 4.78 is 71.7. The van der Waals surface area contributed by atoms with Crippen molar-refractivity contribution in [2.75, 3.05) is 26.2 Å². The van der Waals surface area contributed by atoms with Crippen LogP contribution in [0.25, 0.3) is 0 Å². The van der Waals surface area contributed by atoms with Gasteiger partial charge in [-0.05, 0) is 66.3 Å². The highest BCUT2D eigenvalue weighted by Crippen LogP contribution is 2.43. The summed E-state index contributed by atoms with van der Waals surface area (Å²) in [6.07, 6.45) is -4.35. The van der Waals surface area contributed by atoms with Crippen molar-refractivity contribution in [2.45, 2.75) is 43.4 Å². The predicted molar refractivity (Wildman–Crippen MR) is 148 cm³/mol. The van der Waals surface area contributed by atoms with E-state index in [9.17, 15) is 31.5 Å². The molecule has 3 aromatic carbocycles. The lowest BCUT2D eigenvalue weighted by Gasteiger charge is -2.42. The van der Waals surface area contributed by atoms with Gasteiger partial charge in [-0.25, -0.2) is 13.2 Å². The van der Waals surface area contributed by atoms with Gasteiger partial charge in [-0.3, -0.25) is 0 Å². The third kappa shape index (κ3) is 6.42. The zero-order chi connectivity index (χ0) is 29.8. The number of alkyl halides is 3. The summed E-state index contributed by atoms with van der Waals surface area (Å²) in [5.41, 5.74) is -1.46. The number of carbonyl (C=O) groups is 1. The molecule has 0 spiro atoms. The van der Waals surface area contributed by atoms with Gasteiger partial charge in [0.2, 0.25) is 10.0 Å². The number of aliphatic hydroxyl groups is 1. The molecule has 1 aliphatic rings. The number of amides is 1. The van der Waals surface area contributed by atoms with E-state index in [4.69, 9.17) is 4.74 Å². The van der Waals surface area contributed by atoms with Crippen LogP contribution in [-0.2, 0) is 21.8 Å². The fraction of sp³-hybridized carbons (Fsp3) is 0.367. The maximum atomic E-state index is 13.2. The molecule has 3 aromatic rings. The summed E-state index contributed by atoms with van der Waals surface area (Å²) in [5, 5.41) is 12.0. The summed E-state index contributed by atoms with van der Waals surface area (Å²) in [7, 11) is -3.64. The molecule has 0 aliphatic carbocycles. The monoisotopic (exact) mass is 590 g/mol. The van der Waals surface area contributed by atoms with Crippen LogP contribution in [0.1, 0.15) is 43.4 Å². The van der Waals surface area contributed by atoms with Gasteiger partial charge in [0.25, 0.3) is 0 Å². The first kappa shape index (κ1) is 30.5. The zero-order valence-corrected chi connectivity index (χ0v) is 23.7. The standard InChI is InChI=1S/C30H33F3N2O5S/c1-3-35(4-2)41(38,39)27-16-14-26(15-17-27)40-28(36)34-20-18-24(19-21-34)29(37,22-8-6-5-7-9-22)23-10-12-25(13-11-23)30(31,32)33/h5-17,24,37H,3-4,18-21H2,1-2H3. The minimum Gasteiger partial charge on any atom is -0.410 e. The van der Waals surface area contributed by atoms with E-state index in [1.54, 1.807) is 44.2 Å². The Bertz CT molecular complexity index is 1420. The third-order valence-corrected chi connectivity index (χ3v) is 9.65. The fourth-order valence-electron chi connectivity index (χ4n) is 5.28. The molecule has 1 unspecified atom stereocenters. The molecule has 1 N–H and O–H groups in total. The van der Waals surface area contributed by atoms with Gasteiger partial charge in [-0.2, -0.15) is 17.5 Å². The summed E-state index contributed by atoms with van der Waals surface area (Å²) in [4.78, 5) is 14.5. The molecule has 1 fully saturated rings. The van der Waals surface area contributed by atoms with E-state index in [0.29, 0.717) is 37.1 Å². The lowest BCUT2D eigenvalue weighted by Crippen LogP contribution is -2.46. The van der Waals surface area contributed by atoms with Crippen molar-refractivity contribution in [1.82, 2.24) is 9.21 Å². The zero-order valence-electron chi connectivity index (χ0n) is 22.8. The molecule has 7 nitrogen and oxygen atoms in total. The molecule has 0 saturated carbocycles. The molecule has 1 saturated heterocycles. The summed E-state index contributed by atoms with van der Waals surface area (Å²) in [6.45, 7) is 4.70. The van der Waals surface area contributed by atoms with Gasteiger partial charge in [-0.1, -0.05) is 56.3 Å². The SMILES string of the molecule is CCN(CC)S(=O)(=O)c1ccc(OC(=O)N2CCC(C(O)(c3ccccc3)c3ccc(C(F)(F)F)cc3)CC2)cc1. The minimum absolute atomic E-state index is 0.102. The molecule has 0 radical (unpaired) electrons. The molecular weight excluding hydrogens is 557 g/mol. The maximum Gasteiger partial charge on any atom is 0.416 e. The molecule has 1 heterocycles. The van der Waals surface area contributed by atoms with Gasteiger partial charge in [-0.15, -0.1) is 0 Å². The van der Waals surface area contributed by atoms with Crippen LogP contribution in [0.4, 0.5) is 18.0 Å². The molecule has 41 heavy (non-hydrogen) atoms. The van der Waals surface area contributed by atoms with Gasteiger partial charge in [0.05, 0.1) is 10.5 Å². The Kier molecular flexibility index (Phi) is 9.10. The highest BCUT2D eigenvalue weighted by molar-refractivity contribution is 7.89. The van der Waals surface area contributed by atoms with Crippen molar-refractivity contribution >= 4 is 16.1 Å². The van der Waals surface area contributed by atoms with Gasteiger partial charge < -0.3 is 14.7 Å². The second kappa shape index (κ2) is 12.2. The van der Waals surface area contributed by atoms with Crippen molar-refractivity contribution in [3.63, 3.8) is 0 Å². The van der Waals surface area contributed by atoms with Crippen LogP contribution in [0, 0.1) is 5.92 Å². The average molecular weight is 591 g/mol.